The quantitative estimate of drug-likeness (QED) is 0.698. The minimum absolute atomic E-state index is 0.0196. The molecule has 0 saturated carbocycles. The third-order valence-corrected chi connectivity index (χ3v) is 7.74. The van der Waals surface area contributed by atoms with Crippen molar-refractivity contribution in [1.82, 2.24) is 14.8 Å². The van der Waals surface area contributed by atoms with Crippen LogP contribution in [-0.2, 0) is 4.79 Å². The van der Waals surface area contributed by atoms with Gasteiger partial charge in [-0.15, -0.1) is 0 Å². The highest BCUT2D eigenvalue weighted by Crippen LogP contribution is 2.38. The Bertz CT molecular complexity index is 1210. The summed E-state index contributed by atoms with van der Waals surface area (Å²) in [5.41, 5.74) is 2.77. The number of allylic oxidation sites excluding steroid dienone is 1. The molecule has 1 aromatic carbocycles. The summed E-state index contributed by atoms with van der Waals surface area (Å²) in [6.07, 6.45) is 2.56. The summed E-state index contributed by atoms with van der Waals surface area (Å²) >= 11 is 0. The lowest BCUT2D eigenvalue weighted by atomic mass is 9.87. The highest BCUT2D eigenvalue weighted by atomic mass is 16.5. The van der Waals surface area contributed by atoms with Gasteiger partial charge in [-0.1, -0.05) is 18.2 Å². The van der Waals surface area contributed by atoms with Gasteiger partial charge in [-0.25, -0.2) is 4.98 Å². The van der Waals surface area contributed by atoms with Gasteiger partial charge in [-0.05, 0) is 42.9 Å². The van der Waals surface area contributed by atoms with Gasteiger partial charge >= 0.3 is 0 Å². The number of fused-ring (bicyclic) bond motifs is 2. The molecule has 6 rings (SSSR count). The number of hydrogen-bond donors (Lipinski definition) is 0. The van der Waals surface area contributed by atoms with E-state index in [-0.39, 0.29) is 17.7 Å². The zero-order chi connectivity index (χ0) is 23.2. The number of azo groups is 1. The predicted molar refractivity (Wildman–Crippen MR) is 126 cm³/mol. The van der Waals surface area contributed by atoms with Crippen molar-refractivity contribution in [2.75, 3.05) is 39.3 Å². The third kappa shape index (κ3) is 3.65. The van der Waals surface area contributed by atoms with Crippen LogP contribution in [-0.4, -0.2) is 65.9 Å². The Morgan fingerprint density at radius 2 is 1.85 bits per heavy atom. The number of rotatable bonds is 4. The molecule has 0 bridgehead atoms. The average Bonchev–Trinajstić information content (AvgIpc) is 3.57. The van der Waals surface area contributed by atoms with Crippen LogP contribution in [0.25, 0.3) is 10.8 Å². The molecule has 176 valence electrons. The molecule has 0 unspecified atom stereocenters. The van der Waals surface area contributed by atoms with Crippen LogP contribution in [0, 0.1) is 17.8 Å². The maximum atomic E-state index is 13.3. The average molecular weight is 460 g/mol. The molecule has 34 heavy (non-hydrogen) atoms. The molecule has 2 amide bonds. The van der Waals surface area contributed by atoms with Crippen LogP contribution < -0.4 is 4.74 Å². The van der Waals surface area contributed by atoms with Crippen molar-refractivity contribution in [2.24, 2.45) is 28.0 Å². The first-order valence-corrected chi connectivity index (χ1v) is 12.3. The number of carbonyl (C=O) groups excluding carboxylic acids is 2. The van der Waals surface area contributed by atoms with Crippen molar-refractivity contribution in [3.63, 3.8) is 0 Å². The van der Waals surface area contributed by atoms with Gasteiger partial charge in [0.1, 0.15) is 5.69 Å². The molecule has 0 N–H and O–H groups in total. The molecule has 1 aliphatic carbocycles. The van der Waals surface area contributed by atoms with Gasteiger partial charge in [-0.2, -0.15) is 10.2 Å². The maximum Gasteiger partial charge on any atom is 0.272 e. The molecule has 0 spiro atoms. The second-order valence-electron chi connectivity index (χ2n) is 9.83. The van der Waals surface area contributed by atoms with Crippen LogP contribution in [0.1, 0.15) is 36.7 Å². The van der Waals surface area contributed by atoms with Crippen molar-refractivity contribution in [3.8, 4) is 5.88 Å². The lowest BCUT2D eigenvalue weighted by molar-refractivity contribution is -0.135. The molecule has 2 aromatic rings. The van der Waals surface area contributed by atoms with Gasteiger partial charge in [0.25, 0.3) is 5.91 Å². The lowest BCUT2D eigenvalue weighted by Crippen LogP contribution is -2.39. The van der Waals surface area contributed by atoms with Gasteiger partial charge in [-0.3, -0.25) is 9.59 Å². The number of benzene rings is 1. The van der Waals surface area contributed by atoms with Crippen molar-refractivity contribution in [2.45, 2.75) is 26.2 Å². The molecule has 1 aromatic heterocycles. The van der Waals surface area contributed by atoms with Crippen LogP contribution in [0.2, 0.25) is 0 Å². The minimum Gasteiger partial charge on any atom is -0.478 e. The molecular formula is C26H29N5O3. The SMILES string of the molecule is CCOc1nc(C(=O)N2C[C@@H]3CN(C(=O)[C@@H]4CCC5=C(C4)N=NC5)C[C@H]3C2)cc2ccccc12. The minimum atomic E-state index is -0.0580. The molecule has 4 heterocycles. The van der Waals surface area contributed by atoms with Crippen LogP contribution in [0.15, 0.2) is 51.8 Å². The fourth-order valence-corrected chi connectivity index (χ4v) is 5.95. The molecule has 3 atom stereocenters. The number of hydrogen-bond acceptors (Lipinski definition) is 6. The summed E-state index contributed by atoms with van der Waals surface area (Å²) in [6.45, 7) is 5.92. The van der Waals surface area contributed by atoms with Gasteiger partial charge in [0.15, 0.2) is 0 Å². The predicted octanol–water partition coefficient (Wildman–Crippen LogP) is 3.68. The summed E-state index contributed by atoms with van der Waals surface area (Å²) in [6, 6.07) is 9.71. The molecule has 8 nitrogen and oxygen atoms in total. The number of amides is 2. The van der Waals surface area contributed by atoms with Gasteiger partial charge in [0.05, 0.1) is 18.8 Å². The Kier molecular flexibility index (Phi) is 5.31. The fourth-order valence-electron chi connectivity index (χ4n) is 5.95. The summed E-state index contributed by atoms with van der Waals surface area (Å²) in [5.74, 6) is 1.36. The molecule has 2 saturated heterocycles. The van der Waals surface area contributed by atoms with E-state index in [9.17, 15) is 9.59 Å². The topological polar surface area (TPSA) is 87.5 Å². The standard InChI is InChI=1S/C26H29N5O3/c1-2-34-24-21-6-4-3-5-16(21)9-23(28-24)26(33)31-14-19-12-30(13-20(19)15-31)25(32)17-7-8-18-11-27-29-22(18)10-17/h3-6,9,17,19-20H,2,7-8,10-15H2,1H3/t17-,19+,20+/m1/s1. The van der Waals surface area contributed by atoms with E-state index in [1.54, 1.807) is 0 Å². The van der Waals surface area contributed by atoms with E-state index in [1.807, 2.05) is 47.1 Å². The highest BCUT2D eigenvalue weighted by Gasteiger charge is 2.45. The molecule has 0 radical (unpaired) electrons. The summed E-state index contributed by atoms with van der Waals surface area (Å²) < 4.78 is 5.73. The zero-order valence-corrected chi connectivity index (χ0v) is 19.4. The molecular weight excluding hydrogens is 430 g/mol. The van der Waals surface area contributed by atoms with E-state index in [4.69, 9.17) is 4.74 Å². The van der Waals surface area contributed by atoms with Crippen LogP contribution in [0.4, 0.5) is 0 Å². The number of aromatic nitrogens is 1. The van der Waals surface area contributed by atoms with Gasteiger partial charge < -0.3 is 14.5 Å². The van der Waals surface area contributed by atoms with E-state index >= 15 is 0 Å². The van der Waals surface area contributed by atoms with E-state index in [0.29, 0.717) is 49.7 Å². The van der Waals surface area contributed by atoms with Crippen molar-refractivity contribution in [1.29, 1.82) is 0 Å². The van der Waals surface area contributed by atoms with E-state index in [1.165, 1.54) is 5.57 Å². The van der Waals surface area contributed by atoms with E-state index in [0.717, 1.165) is 48.8 Å². The number of ether oxygens (including phenoxy) is 1. The third-order valence-electron chi connectivity index (χ3n) is 7.74. The van der Waals surface area contributed by atoms with E-state index < -0.39 is 0 Å². The van der Waals surface area contributed by atoms with Crippen molar-refractivity contribution in [3.05, 3.63) is 47.3 Å². The Morgan fingerprint density at radius 3 is 2.65 bits per heavy atom. The zero-order valence-electron chi connectivity index (χ0n) is 19.4. The number of likely N-dealkylation sites (tertiary alicyclic amines) is 2. The Labute approximate surface area is 198 Å². The highest BCUT2D eigenvalue weighted by molar-refractivity contribution is 5.98. The van der Waals surface area contributed by atoms with Gasteiger partial charge in [0, 0.05) is 55.7 Å². The molecule has 8 heteroatoms. The summed E-state index contributed by atoms with van der Waals surface area (Å²) in [4.78, 5) is 35.0. The first-order valence-electron chi connectivity index (χ1n) is 12.3. The fraction of sp³-hybridized carbons (Fsp3) is 0.500. The normalized spacial score (nSPS) is 25.7. The second-order valence-corrected chi connectivity index (χ2v) is 9.83. The number of pyridine rings is 1. The molecule has 3 aliphatic heterocycles. The summed E-state index contributed by atoms with van der Waals surface area (Å²) in [7, 11) is 0. The lowest BCUT2D eigenvalue weighted by Gasteiger charge is -2.28. The number of nitrogens with zero attached hydrogens (tertiary/aromatic N) is 5. The van der Waals surface area contributed by atoms with E-state index in [2.05, 4.69) is 15.2 Å². The molecule has 4 aliphatic rings. The second kappa shape index (κ2) is 8.49. The summed E-state index contributed by atoms with van der Waals surface area (Å²) in [5, 5.41) is 10.2. The van der Waals surface area contributed by atoms with Gasteiger partial charge in [0.2, 0.25) is 11.8 Å². The van der Waals surface area contributed by atoms with Crippen LogP contribution in [0.3, 0.4) is 0 Å². The molecule has 2 fully saturated rings. The first kappa shape index (κ1) is 21.3. The largest absolute Gasteiger partial charge is 0.478 e. The Balaban J connectivity index is 1.12. The van der Waals surface area contributed by atoms with Crippen molar-refractivity contribution < 1.29 is 14.3 Å². The monoisotopic (exact) mass is 459 g/mol. The maximum absolute atomic E-state index is 13.3. The number of carbonyl (C=O) groups is 2. The Morgan fingerprint density at radius 1 is 1.09 bits per heavy atom. The Hall–Kier alpha value is -3.29. The first-order chi connectivity index (χ1) is 16.6. The van der Waals surface area contributed by atoms with Crippen LogP contribution >= 0.6 is 0 Å². The van der Waals surface area contributed by atoms with Crippen molar-refractivity contribution >= 4 is 22.6 Å². The van der Waals surface area contributed by atoms with Crippen LogP contribution in [0.5, 0.6) is 5.88 Å². The smallest absolute Gasteiger partial charge is 0.272 e.